The second kappa shape index (κ2) is 9.55. The molecule has 0 unspecified atom stereocenters. The van der Waals surface area contributed by atoms with E-state index in [0.29, 0.717) is 23.1 Å². The number of aromatic nitrogens is 2. The van der Waals surface area contributed by atoms with Crippen LogP contribution < -0.4 is 4.74 Å². The van der Waals surface area contributed by atoms with Crippen LogP contribution in [-0.2, 0) is 0 Å². The molecule has 0 aliphatic carbocycles. The van der Waals surface area contributed by atoms with Crippen LogP contribution in [0, 0.1) is 6.92 Å². The normalized spacial score (nSPS) is 17.2. The first-order valence-corrected chi connectivity index (χ1v) is 12.5. The molecule has 2 aromatic heterocycles. The summed E-state index contributed by atoms with van der Waals surface area (Å²) in [5, 5.41) is 0.885. The summed E-state index contributed by atoms with van der Waals surface area (Å²) in [5.41, 5.74) is 1.84. The highest BCUT2D eigenvalue weighted by atomic mass is 32.1. The van der Waals surface area contributed by atoms with Gasteiger partial charge in [-0.05, 0) is 45.7 Å². The molecule has 168 valence electrons. The Hall–Kier alpha value is -2.51. The summed E-state index contributed by atoms with van der Waals surface area (Å²) in [4.78, 5) is 28.9. The van der Waals surface area contributed by atoms with E-state index < -0.39 is 0 Å². The zero-order valence-electron chi connectivity index (χ0n) is 18.7. The molecule has 0 N–H and O–H groups in total. The van der Waals surface area contributed by atoms with Crippen LogP contribution in [0.2, 0.25) is 0 Å². The molecule has 6 nitrogen and oxygen atoms in total. The Kier molecular flexibility index (Phi) is 6.37. The molecule has 0 atom stereocenters. The van der Waals surface area contributed by atoms with E-state index >= 15 is 0 Å². The van der Waals surface area contributed by atoms with Gasteiger partial charge in [0, 0.05) is 25.2 Å². The monoisotopic (exact) mass is 450 g/mol. The smallest absolute Gasteiger partial charge is 0.267 e. The number of hydrogen-bond donors (Lipinski definition) is 0. The molecule has 0 radical (unpaired) electrons. The first-order chi connectivity index (χ1) is 15.7. The Bertz CT molecular complexity index is 1090. The van der Waals surface area contributed by atoms with Crippen molar-refractivity contribution in [2.75, 3.05) is 39.3 Å². The lowest BCUT2D eigenvalue weighted by atomic mass is 10.1. The Morgan fingerprint density at radius 3 is 2.47 bits per heavy atom. The van der Waals surface area contributed by atoms with Gasteiger partial charge in [-0.3, -0.25) is 9.69 Å². The van der Waals surface area contributed by atoms with E-state index in [4.69, 9.17) is 14.7 Å². The van der Waals surface area contributed by atoms with Gasteiger partial charge in [0.2, 0.25) is 0 Å². The van der Waals surface area contributed by atoms with Crippen molar-refractivity contribution in [3.05, 3.63) is 40.9 Å². The van der Waals surface area contributed by atoms with Crippen molar-refractivity contribution in [1.29, 1.82) is 0 Å². The zero-order valence-corrected chi connectivity index (χ0v) is 19.5. The van der Waals surface area contributed by atoms with Crippen molar-refractivity contribution in [3.63, 3.8) is 0 Å². The van der Waals surface area contributed by atoms with Crippen LogP contribution >= 0.6 is 11.3 Å². The fraction of sp³-hybridized carbons (Fsp3) is 0.480. The van der Waals surface area contributed by atoms with Gasteiger partial charge < -0.3 is 9.64 Å². The lowest BCUT2D eigenvalue weighted by molar-refractivity contribution is 0.0793. The maximum atomic E-state index is 13.4. The summed E-state index contributed by atoms with van der Waals surface area (Å²) in [7, 11) is 0. The number of hydrogen-bond acceptors (Lipinski definition) is 6. The Balaban J connectivity index is 1.49. The van der Waals surface area contributed by atoms with Crippen molar-refractivity contribution < 1.29 is 9.53 Å². The van der Waals surface area contributed by atoms with E-state index in [-0.39, 0.29) is 5.91 Å². The topological polar surface area (TPSA) is 58.6 Å². The predicted molar refractivity (Wildman–Crippen MR) is 129 cm³/mol. The second-order valence-corrected chi connectivity index (χ2v) is 9.69. The number of aryl methyl sites for hydroxylation is 1. The Morgan fingerprint density at radius 1 is 1.00 bits per heavy atom. The summed E-state index contributed by atoms with van der Waals surface area (Å²) in [6.07, 6.45) is 5.98. The van der Waals surface area contributed by atoms with Crippen molar-refractivity contribution >= 4 is 27.5 Å². The van der Waals surface area contributed by atoms with Crippen LogP contribution in [0.4, 0.5) is 0 Å². The molecule has 3 aromatic rings. The van der Waals surface area contributed by atoms with Gasteiger partial charge in [0.05, 0.1) is 11.1 Å². The highest BCUT2D eigenvalue weighted by Crippen LogP contribution is 2.40. The van der Waals surface area contributed by atoms with Gasteiger partial charge >= 0.3 is 0 Å². The van der Waals surface area contributed by atoms with Crippen LogP contribution in [0.1, 0.15) is 47.5 Å². The Morgan fingerprint density at radius 2 is 1.72 bits per heavy atom. The van der Waals surface area contributed by atoms with Crippen LogP contribution in [0.15, 0.2) is 30.3 Å². The largest absolute Gasteiger partial charge is 0.490 e. The van der Waals surface area contributed by atoms with E-state index in [1.807, 2.05) is 42.2 Å². The number of carbonyl (C=O) groups is 1. The van der Waals surface area contributed by atoms with Gasteiger partial charge in [-0.1, -0.05) is 36.8 Å². The number of nitrogens with zero attached hydrogens (tertiary/aromatic N) is 4. The molecule has 1 amide bonds. The SMILES string of the molecule is Cc1nc(-c2ccccc2)nc2sc(C(=O)N3CCCC3)c(OCCN3CCCCC3)c12. The van der Waals surface area contributed by atoms with Crippen LogP contribution in [0.25, 0.3) is 21.6 Å². The summed E-state index contributed by atoms with van der Waals surface area (Å²) >= 11 is 1.45. The number of benzene rings is 1. The quantitative estimate of drug-likeness (QED) is 0.542. The number of ether oxygens (including phenoxy) is 1. The minimum Gasteiger partial charge on any atom is -0.490 e. The number of carbonyl (C=O) groups excluding carboxylic acids is 1. The maximum absolute atomic E-state index is 13.4. The molecule has 5 rings (SSSR count). The van der Waals surface area contributed by atoms with E-state index in [2.05, 4.69) is 4.90 Å². The van der Waals surface area contributed by atoms with Gasteiger partial charge in [0.1, 0.15) is 16.3 Å². The van der Waals surface area contributed by atoms with Crippen molar-refractivity contribution in [3.8, 4) is 17.1 Å². The van der Waals surface area contributed by atoms with E-state index in [1.165, 1.54) is 30.6 Å². The van der Waals surface area contributed by atoms with Crippen LogP contribution in [0.3, 0.4) is 0 Å². The molecule has 32 heavy (non-hydrogen) atoms. The van der Waals surface area contributed by atoms with E-state index in [1.54, 1.807) is 0 Å². The third-order valence-electron chi connectivity index (χ3n) is 6.41. The third-order valence-corrected chi connectivity index (χ3v) is 7.46. The average molecular weight is 451 g/mol. The van der Waals surface area contributed by atoms with Crippen molar-refractivity contribution in [1.82, 2.24) is 19.8 Å². The number of thiophene rings is 1. The molecule has 0 spiro atoms. The second-order valence-electron chi connectivity index (χ2n) is 8.69. The number of likely N-dealkylation sites (tertiary alicyclic amines) is 2. The summed E-state index contributed by atoms with van der Waals surface area (Å²) in [6, 6.07) is 10.00. The van der Waals surface area contributed by atoms with Crippen LogP contribution in [-0.4, -0.2) is 65.0 Å². The lowest BCUT2D eigenvalue weighted by Gasteiger charge is -2.26. The Labute approximate surface area is 193 Å². The van der Waals surface area contributed by atoms with Crippen molar-refractivity contribution in [2.24, 2.45) is 0 Å². The summed E-state index contributed by atoms with van der Waals surface area (Å²) in [6.45, 7) is 7.36. The molecule has 2 aliphatic rings. The fourth-order valence-electron chi connectivity index (χ4n) is 4.66. The number of amides is 1. The molecule has 0 bridgehead atoms. The molecule has 1 aromatic carbocycles. The highest BCUT2D eigenvalue weighted by molar-refractivity contribution is 7.21. The molecule has 0 saturated carbocycles. The van der Waals surface area contributed by atoms with Gasteiger partial charge in [-0.2, -0.15) is 0 Å². The minimum atomic E-state index is 0.0686. The van der Waals surface area contributed by atoms with Gasteiger partial charge in [-0.15, -0.1) is 11.3 Å². The predicted octanol–water partition coefficient (Wildman–Crippen LogP) is 4.77. The lowest BCUT2D eigenvalue weighted by Crippen LogP contribution is -2.33. The highest BCUT2D eigenvalue weighted by Gasteiger charge is 2.28. The molecular weight excluding hydrogens is 420 g/mol. The summed E-state index contributed by atoms with van der Waals surface area (Å²) < 4.78 is 6.34. The first kappa shape index (κ1) is 21.3. The van der Waals surface area contributed by atoms with Gasteiger partial charge in [-0.25, -0.2) is 9.97 Å². The van der Waals surface area contributed by atoms with Crippen molar-refractivity contribution in [2.45, 2.75) is 39.0 Å². The number of piperidine rings is 1. The third kappa shape index (κ3) is 4.36. The maximum Gasteiger partial charge on any atom is 0.267 e. The van der Waals surface area contributed by atoms with Gasteiger partial charge in [0.25, 0.3) is 5.91 Å². The molecule has 7 heteroatoms. The molecule has 2 fully saturated rings. The molecular formula is C25H30N4O2S. The minimum absolute atomic E-state index is 0.0686. The standard InChI is InChI=1S/C25H30N4O2S/c1-18-20-21(31-17-16-28-12-6-3-7-13-28)22(25(30)29-14-8-9-15-29)32-24(20)27-23(26-18)19-10-4-2-5-11-19/h2,4-5,10-11H,3,6-9,12-17H2,1H3. The van der Waals surface area contributed by atoms with E-state index in [0.717, 1.165) is 67.0 Å². The zero-order chi connectivity index (χ0) is 21.9. The molecule has 2 saturated heterocycles. The van der Waals surface area contributed by atoms with Gasteiger partial charge in [0.15, 0.2) is 11.6 Å². The number of fused-ring (bicyclic) bond motifs is 1. The van der Waals surface area contributed by atoms with Crippen LogP contribution in [0.5, 0.6) is 5.75 Å². The number of rotatable bonds is 6. The summed E-state index contributed by atoms with van der Waals surface area (Å²) in [5.74, 6) is 1.44. The molecule has 4 heterocycles. The van der Waals surface area contributed by atoms with E-state index in [9.17, 15) is 4.79 Å². The first-order valence-electron chi connectivity index (χ1n) is 11.7. The average Bonchev–Trinajstić information content (AvgIpc) is 3.49. The molecule has 2 aliphatic heterocycles. The fourth-order valence-corrected chi connectivity index (χ4v) is 5.79.